The molecule has 1 amide bonds. The summed E-state index contributed by atoms with van der Waals surface area (Å²) in [7, 11) is 0. The molecular weight excluding hydrogens is 411 g/mol. The van der Waals surface area contributed by atoms with Crippen LogP contribution in [0.4, 0.5) is 5.13 Å². The van der Waals surface area contributed by atoms with Gasteiger partial charge in [-0.25, -0.2) is 9.78 Å². The van der Waals surface area contributed by atoms with Gasteiger partial charge in [0.25, 0.3) is 5.91 Å². The average Bonchev–Trinajstić information content (AvgIpc) is 3.09. The van der Waals surface area contributed by atoms with E-state index in [4.69, 9.17) is 27.9 Å². The number of nitrogens with zero attached hydrogens (tertiary/aromatic N) is 2. The molecule has 2 fully saturated rings. The first kappa shape index (κ1) is 18.6. The molecular formula is C17H18Cl2N4O3S. The first-order valence-corrected chi connectivity index (χ1v) is 10.3. The third kappa shape index (κ3) is 3.30. The summed E-state index contributed by atoms with van der Waals surface area (Å²) < 4.78 is 4.97. The SMILES string of the molecule is CCOC(=O)c1csc(N2C[C@@H]3[C@H](C2)[C@@H]3NC(=O)c2[nH]c(C)c(Cl)c2Cl)n1. The summed E-state index contributed by atoms with van der Waals surface area (Å²) in [5.74, 6) is 0.106. The average molecular weight is 429 g/mol. The van der Waals surface area contributed by atoms with Gasteiger partial charge in [0.1, 0.15) is 5.69 Å². The van der Waals surface area contributed by atoms with E-state index in [1.165, 1.54) is 11.3 Å². The molecule has 2 N–H and O–H groups in total. The number of aromatic nitrogens is 2. The number of anilines is 1. The molecule has 0 bridgehead atoms. The lowest BCUT2D eigenvalue weighted by atomic mass is 10.3. The fraction of sp³-hybridized carbons (Fsp3) is 0.471. The van der Waals surface area contributed by atoms with Gasteiger partial charge >= 0.3 is 5.97 Å². The molecule has 27 heavy (non-hydrogen) atoms. The van der Waals surface area contributed by atoms with Crippen LogP contribution in [0.2, 0.25) is 10.0 Å². The van der Waals surface area contributed by atoms with Crippen molar-refractivity contribution in [1.82, 2.24) is 15.3 Å². The lowest BCUT2D eigenvalue weighted by Crippen LogP contribution is -2.34. The number of amides is 1. The Kier molecular flexibility index (Phi) is 4.82. The number of aryl methyl sites for hydroxylation is 1. The van der Waals surface area contributed by atoms with E-state index in [1.807, 2.05) is 0 Å². The Morgan fingerprint density at radius 3 is 2.67 bits per heavy atom. The van der Waals surface area contributed by atoms with Crippen LogP contribution < -0.4 is 10.2 Å². The summed E-state index contributed by atoms with van der Waals surface area (Å²) in [4.78, 5) is 33.6. The smallest absolute Gasteiger partial charge is 0.357 e. The molecule has 0 spiro atoms. The Balaban J connectivity index is 1.34. The second-order valence-electron chi connectivity index (χ2n) is 6.72. The summed E-state index contributed by atoms with van der Waals surface area (Å²) in [6.07, 6.45) is 0. The molecule has 2 aromatic rings. The minimum Gasteiger partial charge on any atom is -0.461 e. The quantitative estimate of drug-likeness (QED) is 0.714. The van der Waals surface area contributed by atoms with E-state index in [0.29, 0.717) is 40.5 Å². The summed E-state index contributed by atoms with van der Waals surface area (Å²) in [5.41, 5.74) is 1.33. The Labute approximate surface area is 170 Å². The highest BCUT2D eigenvalue weighted by molar-refractivity contribution is 7.13. The van der Waals surface area contributed by atoms with Crippen LogP contribution in [-0.4, -0.2) is 47.6 Å². The molecule has 2 aliphatic rings. The highest BCUT2D eigenvalue weighted by atomic mass is 35.5. The second-order valence-corrected chi connectivity index (χ2v) is 8.31. The molecule has 0 aromatic carbocycles. The number of carbonyl (C=O) groups excluding carboxylic acids is 2. The molecule has 0 radical (unpaired) electrons. The molecule has 3 heterocycles. The first-order chi connectivity index (χ1) is 12.9. The normalized spacial score (nSPS) is 23.3. The zero-order valence-corrected chi connectivity index (χ0v) is 17.0. The summed E-state index contributed by atoms with van der Waals surface area (Å²) in [6.45, 7) is 5.46. The first-order valence-electron chi connectivity index (χ1n) is 8.62. The standard InChI is InChI=1S/C17H18Cl2N4O3S/c1-3-26-16(25)10-6-27-17(21-10)23-4-8-9(5-23)13(8)22-15(24)14-12(19)11(18)7(2)20-14/h6,8-9,13,20H,3-5H2,1-2H3,(H,22,24)/t8-,9+,13-. The summed E-state index contributed by atoms with van der Waals surface area (Å²) >= 11 is 13.6. The molecule has 144 valence electrons. The van der Waals surface area contributed by atoms with E-state index >= 15 is 0 Å². The number of piperidine rings is 1. The van der Waals surface area contributed by atoms with Gasteiger partial charge in [0.05, 0.1) is 16.7 Å². The maximum atomic E-state index is 12.4. The number of thiazole rings is 1. The van der Waals surface area contributed by atoms with Gasteiger partial charge in [0.15, 0.2) is 10.8 Å². The zero-order chi connectivity index (χ0) is 19.3. The third-order valence-corrected chi connectivity index (χ3v) is 6.87. The Morgan fingerprint density at radius 2 is 2.07 bits per heavy atom. The van der Waals surface area contributed by atoms with E-state index < -0.39 is 5.97 Å². The molecule has 2 aromatic heterocycles. The van der Waals surface area contributed by atoms with Gasteiger partial charge in [0, 0.05) is 42.0 Å². The number of halogens is 2. The van der Waals surface area contributed by atoms with E-state index in [0.717, 1.165) is 18.2 Å². The largest absolute Gasteiger partial charge is 0.461 e. The van der Waals surface area contributed by atoms with E-state index in [1.54, 1.807) is 19.2 Å². The number of H-pyrrole nitrogens is 1. The van der Waals surface area contributed by atoms with Crippen LogP contribution in [0.5, 0.6) is 0 Å². The zero-order valence-electron chi connectivity index (χ0n) is 14.7. The highest BCUT2D eigenvalue weighted by Crippen LogP contribution is 2.47. The third-order valence-electron chi connectivity index (χ3n) is 5.02. The van der Waals surface area contributed by atoms with Gasteiger partial charge in [-0.3, -0.25) is 4.79 Å². The highest BCUT2D eigenvalue weighted by Gasteiger charge is 2.57. The van der Waals surface area contributed by atoms with Crippen LogP contribution in [0.15, 0.2) is 5.38 Å². The Bertz CT molecular complexity index is 900. The molecule has 1 aliphatic carbocycles. The van der Waals surface area contributed by atoms with Crippen molar-refractivity contribution >= 4 is 51.5 Å². The fourth-order valence-corrected chi connectivity index (χ4v) is 4.79. The molecule has 1 aliphatic heterocycles. The lowest BCUT2D eigenvalue weighted by molar-refractivity contribution is 0.0520. The topological polar surface area (TPSA) is 87.3 Å². The van der Waals surface area contributed by atoms with Crippen LogP contribution in [0.3, 0.4) is 0 Å². The summed E-state index contributed by atoms with van der Waals surface area (Å²) in [6, 6.07) is 0.122. The Morgan fingerprint density at radius 1 is 1.37 bits per heavy atom. The molecule has 4 rings (SSSR count). The maximum Gasteiger partial charge on any atom is 0.357 e. The van der Waals surface area contributed by atoms with Crippen LogP contribution in [-0.2, 0) is 4.74 Å². The molecule has 10 heteroatoms. The number of carbonyl (C=O) groups is 2. The number of fused-ring (bicyclic) bond motifs is 1. The van der Waals surface area contributed by atoms with Crippen LogP contribution in [0.25, 0.3) is 0 Å². The van der Waals surface area contributed by atoms with Gasteiger partial charge in [-0.05, 0) is 13.8 Å². The number of hydrogen-bond donors (Lipinski definition) is 2. The predicted molar refractivity (Wildman–Crippen MR) is 104 cm³/mol. The number of nitrogens with one attached hydrogen (secondary N) is 2. The number of rotatable bonds is 5. The lowest BCUT2D eigenvalue weighted by Gasteiger charge is -2.19. The summed E-state index contributed by atoms with van der Waals surface area (Å²) in [5, 5.41) is 6.20. The van der Waals surface area contributed by atoms with Crippen molar-refractivity contribution in [2.24, 2.45) is 11.8 Å². The van der Waals surface area contributed by atoms with Crippen molar-refractivity contribution in [3.63, 3.8) is 0 Å². The van der Waals surface area contributed by atoms with Crippen LogP contribution >= 0.6 is 34.5 Å². The number of aromatic amines is 1. The molecule has 1 saturated carbocycles. The van der Waals surface area contributed by atoms with E-state index in [2.05, 4.69) is 20.2 Å². The van der Waals surface area contributed by atoms with Gasteiger partial charge in [-0.2, -0.15) is 0 Å². The minimum atomic E-state index is -0.397. The molecule has 0 unspecified atom stereocenters. The van der Waals surface area contributed by atoms with Crippen molar-refractivity contribution in [3.05, 3.63) is 32.5 Å². The predicted octanol–water partition coefficient (Wildman–Crippen LogP) is 3.13. The van der Waals surface area contributed by atoms with Crippen molar-refractivity contribution in [1.29, 1.82) is 0 Å². The van der Waals surface area contributed by atoms with Gasteiger partial charge in [-0.15, -0.1) is 11.3 Å². The number of esters is 1. The van der Waals surface area contributed by atoms with Gasteiger partial charge < -0.3 is 19.9 Å². The van der Waals surface area contributed by atoms with Crippen LogP contribution in [0, 0.1) is 18.8 Å². The van der Waals surface area contributed by atoms with E-state index in [-0.39, 0.29) is 17.0 Å². The van der Waals surface area contributed by atoms with Crippen LogP contribution in [0.1, 0.15) is 33.6 Å². The Hall–Kier alpha value is -1.77. The van der Waals surface area contributed by atoms with Crippen molar-refractivity contribution in [2.75, 3.05) is 24.6 Å². The molecule has 3 atom stereocenters. The fourth-order valence-electron chi connectivity index (χ4n) is 3.56. The van der Waals surface area contributed by atoms with E-state index in [9.17, 15) is 9.59 Å². The maximum absolute atomic E-state index is 12.4. The monoisotopic (exact) mass is 428 g/mol. The van der Waals surface area contributed by atoms with Gasteiger partial charge in [-0.1, -0.05) is 23.2 Å². The second kappa shape index (κ2) is 7.00. The number of hydrogen-bond acceptors (Lipinski definition) is 6. The molecule has 1 saturated heterocycles. The van der Waals surface area contributed by atoms with Crippen molar-refractivity contribution in [2.45, 2.75) is 19.9 Å². The van der Waals surface area contributed by atoms with Crippen molar-refractivity contribution < 1.29 is 14.3 Å². The van der Waals surface area contributed by atoms with Gasteiger partial charge in [0.2, 0.25) is 0 Å². The molecule has 7 nitrogen and oxygen atoms in total. The van der Waals surface area contributed by atoms with Crippen molar-refractivity contribution in [3.8, 4) is 0 Å². The minimum absolute atomic E-state index is 0.122. The number of ether oxygens (including phenoxy) is 1.